The Hall–Kier alpha value is 0.270. The van der Waals surface area contributed by atoms with Gasteiger partial charge in [-0.05, 0) is 12.8 Å². The van der Waals surface area contributed by atoms with Crippen molar-refractivity contribution in [1.82, 2.24) is 0 Å². The lowest BCUT2D eigenvalue weighted by molar-refractivity contribution is 0.383. The summed E-state index contributed by atoms with van der Waals surface area (Å²) < 4.78 is 11.5. The summed E-state index contributed by atoms with van der Waals surface area (Å²) in [6.45, 7) is 6.62. The Labute approximate surface area is 212 Å². The van der Waals surface area contributed by atoms with Gasteiger partial charge in [0.05, 0.1) is 25.4 Å². The van der Waals surface area contributed by atoms with Crippen molar-refractivity contribution in [3.8, 4) is 0 Å². The van der Waals surface area contributed by atoms with Crippen LogP contribution in [0.4, 0.5) is 0 Å². The van der Waals surface area contributed by atoms with E-state index in [9.17, 15) is 0 Å². The first-order valence-corrected chi connectivity index (χ1v) is 16.2. The highest BCUT2D eigenvalue weighted by atomic mass is 32.2. The summed E-state index contributed by atoms with van der Waals surface area (Å²) >= 11 is 2.24. The van der Waals surface area contributed by atoms with Crippen LogP contribution in [0.25, 0.3) is 0 Å². The first kappa shape index (κ1) is 29.5. The highest BCUT2D eigenvalue weighted by Crippen LogP contribution is 2.39. The van der Waals surface area contributed by atoms with Gasteiger partial charge in [-0.2, -0.15) is 0 Å². The number of epoxide rings is 2. The Bertz CT molecular complexity index is 384. The van der Waals surface area contributed by atoms with E-state index in [1.807, 2.05) is 0 Å². The zero-order chi connectivity index (χ0) is 23.4. The third-order valence-electron chi connectivity index (χ3n) is 7.58. The van der Waals surface area contributed by atoms with Gasteiger partial charge >= 0.3 is 0 Å². The van der Waals surface area contributed by atoms with Crippen LogP contribution >= 0.6 is 11.8 Å². The maximum Gasteiger partial charge on any atom is 0.0928 e. The molecule has 2 nitrogen and oxygen atoms in total. The van der Waals surface area contributed by atoms with Crippen molar-refractivity contribution in [3.63, 3.8) is 0 Å². The normalized spacial score (nSPS) is 21.3. The van der Waals surface area contributed by atoms with Gasteiger partial charge in [0.15, 0.2) is 0 Å². The predicted octanol–water partition coefficient (Wildman–Crippen LogP) is 9.88. The van der Waals surface area contributed by atoms with Crippen LogP contribution in [0.5, 0.6) is 0 Å². The average molecular weight is 483 g/mol. The molecule has 0 aromatic carbocycles. The molecule has 4 atom stereocenters. The number of rotatable bonds is 26. The van der Waals surface area contributed by atoms with Crippen LogP contribution in [0.15, 0.2) is 0 Å². The molecule has 0 amide bonds. The largest absolute Gasteiger partial charge is 0.372 e. The number of thioether (sulfide) groups is 1. The van der Waals surface area contributed by atoms with Crippen molar-refractivity contribution < 1.29 is 9.47 Å². The predicted molar refractivity (Wildman–Crippen MR) is 148 cm³/mol. The van der Waals surface area contributed by atoms with Gasteiger partial charge in [0.1, 0.15) is 0 Å². The van der Waals surface area contributed by atoms with Gasteiger partial charge in [0.25, 0.3) is 0 Å². The molecule has 0 aromatic heterocycles. The zero-order valence-electron chi connectivity index (χ0n) is 22.5. The van der Waals surface area contributed by atoms with Crippen LogP contribution in [-0.2, 0) is 9.47 Å². The van der Waals surface area contributed by atoms with Crippen molar-refractivity contribution in [2.45, 2.75) is 178 Å². The fourth-order valence-corrected chi connectivity index (χ4v) is 6.83. The molecule has 2 saturated heterocycles. The molecule has 0 bridgehead atoms. The fraction of sp³-hybridized carbons (Fsp3) is 1.00. The highest BCUT2D eigenvalue weighted by Gasteiger charge is 2.39. The summed E-state index contributed by atoms with van der Waals surface area (Å²) in [6.07, 6.45) is 32.4. The summed E-state index contributed by atoms with van der Waals surface area (Å²) in [5.41, 5.74) is 0. The second kappa shape index (κ2) is 20.5. The minimum Gasteiger partial charge on any atom is -0.372 e. The molecular formula is C30H58O2S. The molecule has 0 spiro atoms. The van der Waals surface area contributed by atoms with E-state index in [1.165, 1.54) is 141 Å². The molecule has 2 fully saturated rings. The summed E-state index contributed by atoms with van der Waals surface area (Å²) in [5, 5.41) is 1.44. The van der Waals surface area contributed by atoms with Gasteiger partial charge < -0.3 is 9.47 Å². The molecular weight excluding hydrogens is 424 g/mol. The summed E-state index contributed by atoms with van der Waals surface area (Å²) in [6, 6.07) is 0. The number of unbranched alkanes of at least 4 members (excludes halogenated alkanes) is 18. The lowest BCUT2D eigenvalue weighted by Gasteiger charge is -2.21. The minimum atomic E-state index is 0.544. The van der Waals surface area contributed by atoms with E-state index in [4.69, 9.17) is 9.47 Å². The van der Waals surface area contributed by atoms with E-state index in [0.29, 0.717) is 12.2 Å². The molecule has 196 valence electrons. The SMILES string of the molecule is CCCCCCCCCCCCC(SC(CCCCCCCCCCCC)C1CO1)C1CO1. The van der Waals surface area contributed by atoms with Gasteiger partial charge in [-0.1, -0.05) is 142 Å². The number of hydrogen-bond acceptors (Lipinski definition) is 3. The van der Waals surface area contributed by atoms with Crippen LogP contribution in [0.1, 0.15) is 155 Å². The summed E-state index contributed by atoms with van der Waals surface area (Å²) in [7, 11) is 0. The Kier molecular flexibility index (Phi) is 18.3. The molecule has 2 rings (SSSR count). The van der Waals surface area contributed by atoms with Crippen molar-refractivity contribution in [3.05, 3.63) is 0 Å². The second-order valence-electron chi connectivity index (χ2n) is 10.9. The Morgan fingerprint density at radius 3 is 1.03 bits per heavy atom. The van der Waals surface area contributed by atoms with E-state index < -0.39 is 0 Å². The van der Waals surface area contributed by atoms with Crippen molar-refractivity contribution in [2.24, 2.45) is 0 Å². The van der Waals surface area contributed by atoms with Gasteiger partial charge in [-0.3, -0.25) is 0 Å². The zero-order valence-corrected chi connectivity index (χ0v) is 23.3. The molecule has 0 saturated carbocycles. The van der Waals surface area contributed by atoms with Crippen molar-refractivity contribution >= 4 is 11.8 Å². The first-order valence-electron chi connectivity index (χ1n) is 15.2. The Morgan fingerprint density at radius 2 is 0.758 bits per heavy atom. The lowest BCUT2D eigenvalue weighted by Crippen LogP contribution is -2.20. The smallest absolute Gasteiger partial charge is 0.0928 e. The monoisotopic (exact) mass is 482 g/mol. The molecule has 3 heteroatoms. The standard InChI is InChI=1S/C30H58O2S/c1-3-5-7-9-11-13-15-17-19-21-23-29(27-25-31-27)33-30(28-26-32-28)24-22-20-18-16-14-12-10-8-6-4-2/h27-30H,3-26H2,1-2H3. The summed E-state index contributed by atoms with van der Waals surface area (Å²) in [4.78, 5) is 0. The molecule has 0 aliphatic carbocycles. The maximum atomic E-state index is 5.76. The quantitative estimate of drug-likeness (QED) is 0.0905. The molecule has 2 aliphatic heterocycles. The molecule has 0 aromatic rings. The third kappa shape index (κ3) is 16.5. The molecule has 33 heavy (non-hydrogen) atoms. The third-order valence-corrected chi connectivity index (χ3v) is 9.36. The first-order chi connectivity index (χ1) is 16.3. The average Bonchev–Trinajstić information content (AvgIpc) is 3.72. The highest BCUT2D eigenvalue weighted by molar-refractivity contribution is 8.00. The molecule has 4 unspecified atom stereocenters. The lowest BCUT2D eigenvalue weighted by atomic mass is 10.0. The molecule has 2 heterocycles. The van der Waals surface area contributed by atoms with Crippen LogP contribution < -0.4 is 0 Å². The van der Waals surface area contributed by atoms with E-state index in [1.54, 1.807) is 0 Å². The van der Waals surface area contributed by atoms with Crippen LogP contribution in [-0.4, -0.2) is 35.9 Å². The van der Waals surface area contributed by atoms with Crippen LogP contribution in [0.3, 0.4) is 0 Å². The van der Waals surface area contributed by atoms with Crippen molar-refractivity contribution in [1.29, 1.82) is 0 Å². The Morgan fingerprint density at radius 1 is 0.485 bits per heavy atom. The van der Waals surface area contributed by atoms with Gasteiger partial charge in [0, 0.05) is 10.5 Å². The minimum absolute atomic E-state index is 0.544. The molecule has 0 N–H and O–H groups in total. The fourth-order valence-electron chi connectivity index (χ4n) is 5.11. The van der Waals surface area contributed by atoms with Gasteiger partial charge in [-0.15, -0.1) is 11.8 Å². The number of ether oxygens (including phenoxy) is 2. The van der Waals surface area contributed by atoms with Crippen LogP contribution in [0, 0.1) is 0 Å². The summed E-state index contributed by atoms with van der Waals surface area (Å²) in [5.74, 6) is 0. The molecule has 2 aliphatic rings. The number of hydrogen-bond donors (Lipinski definition) is 0. The van der Waals surface area contributed by atoms with E-state index in [2.05, 4.69) is 25.6 Å². The van der Waals surface area contributed by atoms with Crippen molar-refractivity contribution in [2.75, 3.05) is 13.2 Å². The van der Waals surface area contributed by atoms with E-state index in [-0.39, 0.29) is 0 Å². The van der Waals surface area contributed by atoms with E-state index >= 15 is 0 Å². The molecule has 0 radical (unpaired) electrons. The van der Waals surface area contributed by atoms with Gasteiger partial charge in [-0.25, -0.2) is 0 Å². The van der Waals surface area contributed by atoms with E-state index in [0.717, 1.165) is 23.7 Å². The second-order valence-corrected chi connectivity index (χ2v) is 12.4. The topological polar surface area (TPSA) is 25.1 Å². The van der Waals surface area contributed by atoms with Crippen LogP contribution in [0.2, 0.25) is 0 Å². The Balaban J connectivity index is 1.47. The maximum absolute atomic E-state index is 5.76. The van der Waals surface area contributed by atoms with Gasteiger partial charge in [0.2, 0.25) is 0 Å².